The van der Waals surface area contributed by atoms with E-state index in [1.54, 1.807) is 19.1 Å². The number of halogens is 1. The lowest BCUT2D eigenvalue weighted by atomic mass is 9.93. The number of rotatable bonds is 5. The fraction of sp³-hybridized carbons (Fsp3) is 0.500. The molecule has 0 amide bonds. The third-order valence-corrected chi connectivity index (χ3v) is 3.01. The molecule has 3 nitrogen and oxygen atoms in total. The summed E-state index contributed by atoms with van der Waals surface area (Å²) in [6.45, 7) is 3.66. The van der Waals surface area contributed by atoms with Crippen LogP contribution in [0.4, 0.5) is 4.39 Å². The summed E-state index contributed by atoms with van der Waals surface area (Å²) in [5, 5.41) is 0. The number of carbonyl (C=O) groups is 1. The summed E-state index contributed by atoms with van der Waals surface area (Å²) >= 11 is 0. The van der Waals surface area contributed by atoms with E-state index in [0.717, 1.165) is 5.56 Å². The number of aryl methyl sites for hydroxylation is 1. The summed E-state index contributed by atoms with van der Waals surface area (Å²) in [5.41, 5.74) is 7.54. The first-order valence-electron chi connectivity index (χ1n) is 6.02. The van der Waals surface area contributed by atoms with Gasteiger partial charge in [-0.05, 0) is 36.5 Å². The van der Waals surface area contributed by atoms with Crippen LogP contribution < -0.4 is 5.73 Å². The van der Waals surface area contributed by atoms with Crippen molar-refractivity contribution in [3.05, 3.63) is 35.1 Å². The van der Waals surface area contributed by atoms with E-state index in [1.807, 2.05) is 6.92 Å². The summed E-state index contributed by atoms with van der Waals surface area (Å²) in [5.74, 6) is -0.323. The van der Waals surface area contributed by atoms with Crippen molar-refractivity contribution in [1.29, 1.82) is 0 Å². The molecule has 0 radical (unpaired) electrons. The fourth-order valence-electron chi connectivity index (χ4n) is 1.92. The predicted octanol–water partition coefficient (Wildman–Crippen LogP) is 2.72. The van der Waals surface area contributed by atoms with Crippen molar-refractivity contribution in [2.75, 3.05) is 7.11 Å². The molecule has 18 heavy (non-hydrogen) atoms. The predicted molar refractivity (Wildman–Crippen MR) is 68.5 cm³/mol. The van der Waals surface area contributed by atoms with Gasteiger partial charge in [0.25, 0.3) is 0 Å². The highest BCUT2D eigenvalue weighted by Crippen LogP contribution is 2.22. The van der Waals surface area contributed by atoms with Crippen molar-refractivity contribution in [3.8, 4) is 0 Å². The average Bonchev–Trinajstić information content (AvgIpc) is 2.32. The highest BCUT2D eigenvalue weighted by Gasteiger charge is 2.15. The molecular formula is C14H20FNO2. The van der Waals surface area contributed by atoms with E-state index >= 15 is 0 Å². The summed E-state index contributed by atoms with van der Waals surface area (Å²) in [4.78, 5) is 11.1. The molecular weight excluding hydrogens is 233 g/mol. The number of hydrogen-bond acceptors (Lipinski definition) is 3. The number of benzene rings is 1. The Hall–Kier alpha value is -1.42. The first kappa shape index (κ1) is 14.6. The first-order chi connectivity index (χ1) is 8.43. The zero-order chi connectivity index (χ0) is 13.7. The number of hydrogen-bond donors (Lipinski definition) is 1. The Balaban J connectivity index is 2.61. The lowest BCUT2D eigenvalue weighted by Gasteiger charge is -2.17. The summed E-state index contributed by atoms with van der Waals surface area (Å²) < 4.78 is 17.8. The smallest absolute Gasteiger partial charge is 0.305 e. The second-order valence-electron chi connectivity index (χ2n) is 4.74. The zero-order valence-electron chi connectivity index (χ0n) is 11.1. The van der Waals surface area contributed by atoms with Gasteiger partial charge in [0, 0.05) is 12.5 Å². The number of carbonyl (C=O) groups excluding carboxylic acids is 1. The minimum atomic E-state index is -0.231. The maximum atomic E-state index is 13.1. The Bertz CT molecular complexity index is 420. The fourth-order valence-corrected chi connectivity index (χ4v) is 1.92. The maximum Gasteiger partial charge on any atom is 0.305 e. The minimum absolute atomic E-state index is 0.137. The number of esters is 1. The quantitative estimate of drug-likeness (QED) is 0.821. The molecule has 0 spiro atoms. The summed E-state index contributed by atoms with van der Waals surface area (Å²) in [6.07, 6.45) is 1.02. The molecule has 2 atom stereocenters. The Morgan fingerprint density at radius 3 is 2.72 bits per heavy atom. The molecule has 0 saturated carbocycles. The molecule has 1 aromatic rings. The SMILES string of the molecule is COC(=O)CC(C)CC(N)c1ccc(F)c(C)c1. The van der Waals surface area contributed by atoms with Crippen LogP contribution in [-0.4, -0.2) is 13.1 Å². The molecule has 2 unspecified atom stereocenters. The Morgan fingerprint density at radius 1 is 1.50 bits per heavy atom. The largest absolute Gasteiger partial charge is 0.469 e. The molecule has 0 aliphatic carbocycles. The topological polar surface area (TPSA) is 52.3 Å². The van der Waals surface area contributed by atoms with Crippen molar-refractivity contribution >= 4 is 5.97 Å². The van der Waals surface area contributed by atoms with Crippen molar-refractivity contribution < 1.29 is 13.9 Å². The van der Waals surface area contributed by atoms with E-state index in [4.69, 9.17) is 5.73 Å². The summed E-state index contributed by atoms with van der Waals surface area (Å²) in [6, 6.07) is 4.68. The Labute approximate surface area is 107 Å². The highest BCUT2D eigenvalue weighted by molar-refractivity contribution is 5.69. The lowest BCUT2D eigenvalue weighted by molar-refractivity contribution is -0.141. The van der Waals surface area contributed by atoms with Gasteiger partial charge in [-0.3, -0.25) is 4.79 Å². The zero-order valence-corrected chi connectivity index (χ0v) is 11.1. The van der Waals surface area contributed by atoms with Gasteiger partial charge in [0.1, 0.15) is 5.82 Å². The molecule has 0 aliphatic heterocycles. The van der Waals surface area contributed by atoms with Crippen molar-refractivity contribution in [2.24, 2.45) is 11.7 Å². The third-order valence-electron chi connectivity index (χ3n) is 3.01. The van der Waals surface area contributed by atoms with Crippen LogP contribution >= 0.6 is 0 Å². The highest BCUT2D eigenvalue weighted by atomic mass is 19.1. The van der Waals surface area contributed by atoms with Gasteiger partial charge >= 0.3 is 5.97 Å². The molecule has 0 bridgehead atoms. The maximum absolute atomic E-state index is 13.1. The Kier molecular flexibility index (Phi) is 5.28. The van der Waals surface area contributed by atoms with Gasteiger partial charge in [0.05, 0.1) is 7.11 Å². The molecule has 0 saturated heterocycles. The normalized spacial score (nSPS) is 14.1. The van der Waals surface area contributed by atoms with Gasteiger partial charge in [-0.1, -0.05) is 19.1 Å². The van der Waals surface area contributed by atoms with Crippen molar-refractivity contribution in [2.45, 2.75) is 32.7 Å². The molecule has 1 aromatic carbocycles. The van der Waals surface area contributed by atoms with Crippen LogP contribution in [0.25, 0.3) is 0 Å². The van der Waals surface area contributed by atoms with E-state index in [2.05, 4.69) is 4.74 Å². The van der Waals surface area contributed by atoms with E-state index in [1.165, 1.54) is 13.2 Å². The number of nitrogens with two attached hydrogens (primary N) is 1. The van der Waals surface area contributed by atoms with Crippen LogP contribution in [0, 0.1) is 18.7 Å². The van der Waals surface area contributed by atoms with Crippen LogP contribution in [-0.2, 0) is 9.53 Å². The first-order valence-corrected chi connectivity index (χ1v) is 6.02. The second kappa shape index (κ2) is 6.50. The monoisotopic (exact) mass is 253 g/mol. The standard InChI is InChI=1S/C14H20FNO2/c1-9(7-14(17)18-3)6-13(16)11-4-5-12(15)10(2)8-11/h4-5,8-9,13H,6-7,16H2,1-3H3. The third kappa shape index (κ3) is 4.11. The minimum Gasteiger partial charge on any atom is -0.469 e. The van der Waals surface area contributed by atoms with Crippen LogP contribution in [0.2, 0.25) is 0 Å². The van der Waals surface area contributed by atoms with Gasteiger partial charge in [0.15, 0.2) is 0 Å². The van der Waals surface area contributed by atoms with Crippen LogP contribution in [0.5, 0.6) is 0 Å². The van der Waals surface area contributed by atoms with Gasteiger partial charge in [-0.25, -0.2) is 4.39 Å². The Morgan fingerprint density at radius 2 is 2.17 bits per heavy atom. The average molecular weight is 253 g/mol. The molecule has 2 N–H and O–H groups in total. The molecule has 0 aromatic heterocycles. The van der Waals surface area contributed by atoms with E-state index in [9.17, 15) is 9.18 Å². The molecule has 0 aliphatic rings. The second-order valence-corrected chi connectivity index (χ2v) is 4.74. The van der Waals surface area contributed by atoms with Gasteiger partial charge in [-0.15, -0.1) is 0 Å². The van der Waals surface area contributed by atoms with Crippen molar-refractivity contribution in [1.82, 2.24) is 0 Å². The molecule has 0 fully saturated rings. The van der Waals surface area contributed by atoms with Crippen LogP contribution in [0.15, 0.2) is 18.2 Å². The molecule has 100 valence electrons. The lowest BCUT2D eigenvalue weighted by Crippen LogP contribution is -2.17. The van der Waals surface area contributed by atoms with Gasteiger partial charge in [0.2, 0.25) is 0 Å². The molecule has 4 heteroatoms. The van der Waals surface area contributed by atoms with Crippen LogP contribution in [0.1, 0.15) is 36.9 Å². The molecule has 0 heterocycles. The van der Waals surface area contributed by atoms with Crippen molar-refractivity contribution in [3.63, 3.8) is 0 Å². The van der Waals surface area contributed by atoms with Crippen LogP contribution in [0.3, 0.4) is 0 Å². The van der Waals surface area contributed by atoms with E-state index in [-0.39, 0.29) is 23.7 Å². The van der Waals surface area contributed by atoms with E-state index in [0.29, 0.717) is 18.4 Å². The number of ether oxygens (including phenoxy) is 1. The molecule has 1 rings (SSSR count). The van der Waals surface area contributed by atoms with E-state index < -0.39 is 0 Å². The summed E-state index contributed by atoms with van der Waals surface area (Å²) in [7, 11) is 1.37. The van der Waals surface area contributed by atoms with Gasteiger partial charge < -0.3 is 10.5 Å². The van der Waals surface area contributed by atoms with Gasteiger partial charge in [-0.2, -0.15) is 0 Å². The number of methoxy groups -OCH3 is 1.